The second kappa shape index (κ2) is 26.9. The quantitative estimate of drug-likeness (QED) is 0.0484. The minimum Gasteiger partial charge on any atom is -0.462 e. The summed E-state index contributed by atoms with van der Waals surface area (Å²) in [5, 5.41) is 0. The highest BCUT2D eigenvalue weighted by Crippen LogP contribution is 2.35. The first-order valence-electron chi connectivity index (χ1n) is 14.6. The van der Waals surface area contributed by atoms with Gasteiger partial charge >= 0.3 is 19.8 Å². The number of unbranched alkanes of at least 4 members (excludes halogenated alkanes) is 5. The Kier molecular flexibility index (Phi) is 25.4. The largest absolute Gasteiger partial charge is 0.469 e. The molecule has 0 aromatic carbocycles. The fourth-order valence-corrected chi connectivity index (χ4v) is 3.76. The monoisotopic (exact) mass is 582 g/mol. The number of carbonyl (C=O) groups is 2. The van der Waals surface area contributed by atoms with E-state index in [2.05, 4.69) is 72.2 Å². The Hall–Kier alpha value is -2.25. The van der Waals surface area contributed by atoms with Crippen LogP contribution in [0, 0.1) is 0 Å². The van der Waals surface area contributed by atoms with Gasteiger partial charge in [0.1, 0.15) is 6.61 Å². The molecule has 0 aliphatic heterocycles. The number of ether oxygens (including phenoxy) is 2. The maximum atomic E-state index is 12.2. The zero-order valence-corrected chi connectivity index (χ0v) is 25.4. The van der Waals surface area contributed by atoms with Crippen molar-refractivity contribution in [2.45, 2.75) is 110 Å². The molecule has 2 N–H and O–H groups in total. The highest BCUT2D eigenvalue weighted by molar-refractivity contribution is 7.46. The molecular formula is C31H51O8P. The number of allylic oxidation sites excluding steroid dienone is 10. The lowest BCUT2D eigenvalue weighted by Gasteiger charge is -2.18. The molecule has 0 heterocycles. The molecule has 0 aliphatic carbocycles. The van der Waals surface area contributed by atoms with Crippen molar-refractivity contribution < 1.29 is 37.9 Å². The molecule has 228 valence electrons. The summed E-state index contributed by atoms with van der Waals surface area (Å²) < 4.78 is 25.8. The van der Waals surface area contributed by atoms with Crippen LogP contribution in [-0.2, 0) is 28.2 Å². The molecule has 0 aliphatic rings. The smallest absolute Gasteiger partial charge is 0.462 e. The third-order valence-corrected chi connectivity index (χ3v) is 6.04. The molecule has 0 saturated heterocycles. The van der Waals surface area contributed by atoms with Crippen molar-refractivity contribution >= 4 is 19.8 Å². The van der Waals surface area contributed by atoms with Crippen LogP contribution in [-0.4, -0.2) is 41.0 Å². The van der Waals surface area contributed by atoms with E-state index >= 15 is 0 Å². The van der Waals surface area contributed by atoms with Crippen LogP contribution in [0.3, 0.4) is 0 Å². The summed E-state index contributed by atoms with van der Waals surface area (Å²) in [6.07, 6.45) is 31.8. The normalized spacial score (nSPS) is 13.4. The Labute approximate surface area is 241 Å². The first kappa shape index (κ1) is 37.8. The van der Waals surface area contributed by atoms with E-state index < -0.39 is 32.5 Å². The first-order chi connectivity index (χ1) is 19.3. The average molecular weight is 583 g/mol. The third kappa shape index (κ3) is 28.8. The summed E-state index contributed by atoms with van der Waals surface area (Å²) in [4.78, 5) is 41.8. The number of hydrogen-bond acceptors (Lipinski definition) is 6. The molecule has 0 aromatic rings. The van der Waals surface area contributed by atoms with Gasteiger partial charge in [0.05, 0.1) is 6.61 Å². The van der Waals surface area contributed by atoms with E-state index in [1.165, 1.54) is 0 Å². The average Bonchev–Trinajstić information content (AvgIpc) is 2.91. The van der Waals surface area contributed by atoms with E-state index in [4.69, 9.17) is 19.3 Å². The molecule has 0 spiro atoms. The summed E-state index contributed by atoms with van der Waals surface area (Å²) in [7, 11) is -4.74. The van der Waals surface area contributed by atoms with Crippen molar-refractivity contribution in [3.63, 3.8) is 0 Å². The first-order valence-corrected chi connectivity index (χ1v) is 16.1. The fourth-order valence-electron chi connectivity index (χ4n) is 3.40. The van der Waals surface area contributed by atoms with Crippen LogP contribution in [0.1, 0.15) is 104 Å². The van der Waals surface area contributed by atoms with Crippen LogP contribution >= 0.6 is 7.82 Å². The molecule has 0 aromatic heterocycles. The lowest BCUT2D eigenvalue weighted by molar-refractivity contribution is -0.161. The van der Waals surface area contributed by atoms with E-state index in [0.29, 0.717) is 12.8 Å². The molecule has 1 unspecified atom stereocenters. The Morgan fingerprint density at radius 3 is 1.75 bits per heavy atom. The van der Waals surface area contributed by atoms with Gasteiger partial charge in [-0.05, 0) is 57.8 Å². The van der Waals surface area contributed by atoms with Crippen molar-refractivity contribution in [3.8, 4) is 0 Å². The Bertz CT molecular complexity index is 838. The summed E-state index contributed by atoms with van der Waals surface area (Å²) >= 11 is 0. The molecule has 0 saturated carbocycles. The second-order valence-corrected chi connectivity index (χ2v) is 10.6. The van der Waals surface area contributed by atoms with E-state index in [0.717, 1.165) is 64.2 Å². The SMILES string of the molecule is CC/C=C\C/C=C\C/C=C\C/C=C\C/C=C\CCCCCC(=O)OC(COC(=O)CCCCC)COP(=O)(O)O. The van der Waals surface area contributed by atoms with Crippen LogP contribution in [0.4, 0.5) is 0 Å². The highest BCUT2D eigenvalue weighted by Gasteiger charge is 2.22. The van der Waals surface area contributed by atoms with Gasteiger partial charge < -0.3 is 19.3 Å². The summed E-state index contributed by atoms with van der Waals surface area (Å²) in [5.41, 5.74) is 0. The van der Waals surface area contributed by atoms with Gasteiger partial charge in [-0.1, -0.05) is 93.9 Å². The molecule has 0 rings (SSSR count). The van der Waals surface area contributed by atoms with E-state index in [1.807, 2.05) is 6.92 Å². The van der Waals surface area contributed by atoms with Crippen molar-refractivity contribution in [1.29, 1.82) is 0 Å². The molecule has 9 heteroatoms. The Morgan fingerprint density at radius 1 is 0.675 bits per heavy atom. The van der Waals surface area contributed by atoms with Gasteiger partial charge in [-0.3, -0.25) is 14.1 Å². The van der Waals surface area contributed by atoms with Gasteiger partial charge in [-0.25, -0.2) is 4.57 Å². The minimum atomic E-state index is -4.74. The predicted octanol–water partition coefficient (Wildman–Crippen LogP) is 7.83. The fraction of sp³-hybridized carbons (Fsp3) is 0.613. The maximum Gasteiger partial charge on any atom is 0.469 e. The number of rotatable bonds is 25. The number of hydrogen-bond donors (Lipinski definition) is 2. The molecule has 0 fully saturated rings. The lowest BCUT2D eigenvalue weighted by Crippen LogP contribution is -2.29. The topological polar surface area (TPSA) is 119 Å². The molecule has 1 atom stereocenters. The Morgan fingerprint density at radius 2 is 1.20 bits per heavy atom. The number of phosphoric acid groups is 1. The van der Waals surface area contributed by atoms with Crippen LogP contribution in [0.25, 0.3) is 0 Å². The predicted molar refractivity (Wildman–Crippen MR) is 161 cm³/mol. The van der Waals surface area contributed by atoms with Crippen LogP contribution in [0.5, 0.6) is 0 Å². The second-order valence-electron chi connectivity index (χ2n) is 9.35. The molecule has 0 bridgehead atoms. The van der Waals surface area contributed by atoms with Crippen molar-refractivity contribution in [1.82, 2.24) is 0 Å². The third-order valence-electron chi connectivity index (χ3n) is 5.55. The van der Waals surface area contributed by atoms with Gasteiger partial charge in [0, 0.05) is 12.8 Å². The number of carbonyl (C=O) groups excluding carboxylic acids is 2. The van der Waals surface area contributed by atoms with Gasteiger partial charge in [-0.2, -0.15) is 0 Å². The number of phosphoric ester groups is 1. The zero-order valence-electron chi connectivity index (χ0n) is 24.5. The van der Waals surface area contributed by atoms with Gasteiger partial charge in [0.2, 0.25) is 0 Å². The van der Waals surface area contributed by atoms with Gasteiger partial charge in [0.15, 0.2) is 6.10 Å². The summed E-state index contributed by atoms with van der Waals surface area (Å²) in [5.74, 6) is -0.961. The van der Waals surface area contributed by atoms with E-state index in [9.17, 15) is 14.2 Å². The zero-order chi connectivity index (χ0) is 29.7. The van der Waals surface area contributed by atoms with E-state index in [1.54, 1.807) is 0 Å². The maximum absolute atomic E-state index is 12.2. The molecule has 0 amide bonds. The van der Waals surface area contributed by atoms with Crippen molar-refractivity contribution in [2.24, 2.45) is 0 Å². The Balaban J connectivity index is 4.03. The summed E-state index contributed by atoms with van der Waals surface area (Å²) in [6.45, 7) is 3.30. The molecule has 0 radical (unpaired) electrons. The minimum absolute atomic E-state index is 0.169. The molecule has 40 heavy (non-hydrogen) atoms. The molecular weight excluding hydrogens is 531 g/mol. The van der Waals surface area contributed by atoms with Crippen molar-refractivity contribution in [3.05, 3.63) is 60.8 Å². The summed E-state index contributed by atoms with van der Waals surface area (Å²) in [6, 6.07) is 0. The molecule has 8 nitrogen and oxygen atoms in total. The van der Waals surface area contributed by atoms with Crippen molar-refractivity contribution in [2.75, 3.05) is 13.2 Å². The number of esters is 2. The highest BCUT2D eigenvalue weighted by atomic mass is 31.2. The standard InChI is InChI=1S/C31H51O8P/c1-3-5-7-8-9-10-11-12-13-14-15-16-17-18-19-20-21-22-24-26-31(33)39-29(28-38-40(34,35)36)27-37-30(32)25-23-6-4-2/h5,7,9-10,12-13,15-16,18-19,29H,3-4,6,8,11,14,17,20-28H2,1-2H3,(H2,34,35,36)/b7-5-,10-9-,13-12-,16-15-,19-18-. The van der Waals surface area contributed by atoms with E-state index in [-0.39, 0.29) is 19.4 Å². The van der Waals surface area contributed by atoms with Gasteiger partial charge in [0.25, 0.3) is 0 Å². The van der Waals surface area contributed by atoms with Crippen LogP contribution < -0.4 is 0 Å². The van der Waals surface area contributed by atoms with Crippen LogP contribution in [0.15, 0.2) is 60.8 Å². The lowest BCUT2D eigenvalue weighted by atomic mass is 10.1. The van der Waals surface area contributed by atoms with Gasteiger partial charge in [-0.15, -0.1) is 0 Å². The van der Waals surface area contributed by atoms with Crippen LogP contribution in [0.2, 0.25) is 0 Å².